The Morgan fingerprint density at radius 3 is 3.12 bits per heavy atom. The molecular formula is C13H21N3O. The van der Waals surface area contributed by atoms with Gasteiger partial charge in [-0.3, -0.25) is 0 Å². The van der Waals surface area contributed by atoms with Crippen LogP contribution in [0, 0.1) is 0 Å². The molecule has 0 fully saturated rings. The fraction of sp³-hybridized carbons (Fsp3) is 0.615. The highest BCUT2D eigenvalue weighted by Crippen LogP contribution is 2.24. The molecule has 1 aliphatic rings. The smallest absolute Gasteiger partial charge is 0.318 e. The van der Waals surface area contributed by atoms with Gasteiger partial charge in [-0.05, 0) is 25.5 Å². The Morgan fingerprint density at radius 2 is 2.35 bits per heavy atom. The van der Waals surface area contributed by atoms with Gasteiger partial charge in [0.1, 0.15) is 0 Å². The van der Waals surface area contributed by atoms with Crippen molar-refractivity contribution in [3.63, 3.8) is 0 Å². The van der Waals surface area contributed by atoms with Crippen molar-refractivity contribution < 1.29 is 4.79 Å². The molecule has 2 rings (SSSR count). The van der Waals surface area contributed by atoms with Gasteiger partial charge in [0.05, 0.1) is 6.04 Å². The maximum absolute atomic E-state index is 12.0. The average Bonchev–Trinajstić information content (AvgIpc) is 2.78. The molecule has 94 valence electrons. The van der Waals surface area contributed by atoms with Gasteiger partial charge in [0, 0.05) is 31.5 Å². The summed E-state index contributed by atoms with van der Waals surface area (Å²) in [7, 11) is 0. The summed E-state index contributed by atoms with van der Waals surface area (Å²) < 4.78 is 2.22. The van der Waals surface area contributed by atoms with Crippen LogP contribution in [0.15, 0.2) is 18.3 Å². The fourth-order valence-electron chi connectivity index (χ4n) is 2.33. The zero-order valence-electron chi connectivity index (χ0n) is 10.6. The molecule has 2 heterocycles. The number of urea groups is 1. The van der Waals surface area contributed by atoms with E-state index in [1.807, 2.05) is 11.0 Å². The summed E-state index contributed by atoms with van der Waals surface area (Å²) in [6.45, 7) is 6.68. The summed E-state index contributed by atoms with van der Waals surface area (Å²) in [4.78, 5) is 13.9. The van der Waals surface area contributed by atoms with Crippen molar-refractivity contribution in [1.82, 2.24) is 14.8 Å². The van der Waals surface area contributed by atoms with Gasteiger partial charge in [-0.2, -0.15) is 0 Å². The molecule has 1 unspecified atom stereocenters. The van der Waals surface area contributed by atoms with E-state index in [9.17, 15) is 4.79 Å². The standard InChI is InChI=1S/C13H21N3O/c1-3-4-7-14-13(17)16-10-9-15-8-5-6-12(15)11(16)2/h5-6,8,11H,3-4,7,9-10H2,1-2H3,(H,14,17). The Kier molecular flexibility index (Phi) is 3.71. The van der Waals surface area contributed by atoms with E-state index in [0.29, 0.717) is 0 Å². The second-order valence-electron chi connectivity index (χ2n) is 4.58. The van der Waals surface area contributed by atoms with Crippen molar-refractivity contribution in [1.29, 1.82) is 0 Å². The van der Waals surface area contributed by atoms with Gasteiger partial charge in [0.2, 0.25) is 0 Å². The lowest BCUT2D eigenvalue weighted by Gasteiger charge is -2.34. The highest BCUT2D eigenvalue weighted by Gasteiger charge is 2.26. The average molecular weight is 235 g/mol. The van der Waals surface area contributed by atoms with Crippen LogP contribution in [0.3, 0.4) is 0 Å². The summed E-state index contributed by atoms with van der Waals surface area (Å²) in [5.41, 5.74) is 1.22. The molecule has 0 aliphatic carbocycles. The monoisotopic (exact) mass is 235 g/mol. The fourth-order valence-corrected chi connectivity index (χ4v) is 2.33. The van der Waals surface area contributed by atoms with Crippen LogP contribution in [-0.4, -0.2) is 28.6 Å². The molecule has 1 atom stereocenters. The molecule has 1 aromatic rings. The summed E-state index contributed by atoms with van der Waals surface area (Å²) in [5.74, 6) is 0. The molecule has 0 saturated carbocycles. The minimum Gasteiger partial charge on any atom is -0.348 e. The van der Waals surface area contributed by atoms with E-state index in [2.05, 4.69) is 36.0 Å². The molecule has 0 saturated heterocycles. The minimum absolute atomic E-state index is 0.0680. The zero-order chi connectivity index (χ0) is 12.3. The van der Waals surface area contributed by atoms with Crippen molar-refractivity contribution in [2.45, 2.75) is 39.3 Å². The van der Waals surface area contributed by atoms with Crippen LogP contribution in [0.4, 0.5) is 4.79 Å². The summed E-state index contributed by atoms with van der Waals surface area (Å²) in [6, 6.07) is 4.37. The molecular weight excluding hydrogens is 214 g/mol. The molecule has 1 N–H and O–H groups in total. The zero-order valence-corrected chi connectivity index (χ0v) is 10.6. The molecule has 0 spiro atoms. The normalized spacial score (nSPS) is 18.9. The maximum atomic E-state index is 12.0. The van der Waals surface area contributed by atoms with Crippen molar-refractivity contribution >= 4 is 6.03 Å². The van der Waals surface area contributed by atoms with Gasteiger partial charge in [-0.1, -0.05) is 13.3 Å². The molecule has 1 aliphatic heterocycles. The van der Waals surface area contributed by atoms with E-state index < -0.39 is 0 Å². The van der Waals surface area contributed by atoms with Gasteiger partial charge in [-0.15, -0.1) is 0 Å². The molecule has 4 heteroatoms. The Bertz CT molecular complexity index is 386. The van der Waals surface area contributed by atoms with Gasteiger partial charge < -0.3 is 14.8 Å². The minimum atomic E-state index is 0.0680. The summed E-state index contributed by atoms with van der Waals surface area (Å²) in [6.07, 6.45) is 4.24. The SMILES string of the molecule is CCCCNC(=O)N1CCn2cccc2C1C. The number of nitrogens with one attached hydrogen (secondary N) is 1. The third-order valence-corrected chi connectivity index (χ3v) is 3.41. The third-order valence-electron chi connectivity index (χ3n) is 3.41. The first kappa shape index (κ1) is 12.0. The van der Waals surface area contributed by atoms with Crippen molar-refractivity contribution in [3.8, 4) is 0 Å². The molecule has 17 heavy (non-hydrogen) atoms. The predicted molar refractivity (Wildman–Crippen MR) is 67.9 cm³/mol. The van der Waals surface area contributed by atoms with Gasteiger partial charge in [-0.25, -0.2) is 4.79 Å². The van der Waals surface area contributed by atoms with Crippen LogP contribution >= 0.6 is 0 Å². The van der Waals surface area contributed by atoms with Crippen LogP contribution in [0.5, 0.6) is 0 Å². The molecule has 0 radical (unpaired) electrons. The predicted octanol–water partition coefficient (Wildman–Crippen LogP) is 2.37. The Labute approximate surface area is 103 Å². The largest absolute Gasteiger partial charge is 0.348 e. The third kappa shape index (κ3) is 2.46. The first-order valence-corrected chi connectivity index (χ1v) is 6.43. The van der Waals surface area contributed by atoms with Crippen LogP contribution in [0.25, 0.3) is 0 Å². The van der Waals surface area contributed by atoms with Gasteiger partial charge >= 0.3 is 6.03 Å². The molecule has 2 amide bonds. The van der Waals surface area contributed by atoms with E-state index in [4.69, 9.17) is 0 Å². The van der Waals surface area contributed by atoms with E-state index in [-0.39, 0.29) is 12.1 Å². The number of rotatable bonds is 3. The topological polar surface area (TPSA) is 37.3 Å². The molecule has 0 bridgehead atoms. The first-order chi connectivity index (χ1) is 8.24. The lowest BCUT2D eigenvalue weighted by molar-refractivity contribution is 0.162. The van der Waals surface area contributed by atoms with Crippen molar-refractivity contribution in [2.24, 2.45) is 0 Å². The van der Waals surface area contributed by atoms with E-state index in [0.717, 1.165) is 32.5 Å². The van der Waals surface area contributed by atoms with E-state index >= 15 is 0 Å². The molecule has 1 aromatic heterocycles. The maximum Gasteiger partial charge on any atom is 0.318 e. The highest BCUT2D eigenvalue weighted by molar-refractivity contribution is 5.74. The molecule has 4 nitrogen and oxygen atoms in total. The van der Waals surface area contributed by atoms with Crippen LogP contribution in [0.1, 0.15) is 38.4 Å². The van der Waals surface area contributed by atoms with Crippen LogP contribution in [0.2, 0.25) is 0 Å². The lowest BCUT2D eigenvalue weighted by Crippen LogP contribution is -2.46. The summed E-state index contributed by atoms with van der Waals surface area (Å²) in [5, 5.41) is 2.98. The Morgan fingerprint density at radius 1 is 1.53 bits per heavy atom. The highest BCUT2D eigenvalue weighted by atomic mass is 16.2. The van der Waals surface area contributed by atoms with Crippen LogP contribution in [-0.2, 0) is 6.54 Å². The quantitative estimate of drug-likeness (QED) is 0.802. The number of amides is 2. The van der Waals surface area contributed by atoms with Crippen molar-refractivity contribution in [3.05, 3.63) is 24.0 Å². The van der Waals surface area contributed by atoms with Gasteiger partial charge in [0.15, 0.2) is 0 Å². The van der Waals surface area contributed by atoms with E-state index in [1.54, 1.807) is 0 Å². The number of hydrogen-bond acceptors (Lipinski definition) is 1. The number of aromatic nitrogens is 1. The number of fused-ring (bicyclic) bond motifs is 1. The first-order valence-electron chi connectivity index (χ1n) is 6.43. The number of carbonyl (C=O) groups excluding carboxylic acids is 1. The number of hydrogen-bond donors (Lipinski definition) is 1. The van der Waals surface area contributed by atoms with Crippen LogP contribution < -0.4 is 5.32 Å². The Balaban J connectivity index is 1.97. The number of carbonyl (C=O) groups is 1. The number of unbranched alkanes of at least 4 members (excludes halogenated alkanes) is 1. The second-order valence-corrected chi connectivity index (χ2v) is 4.58. The van der Waals surface area contributed by atoms with Crippen molar-refractivity contribution in [2.75, 3.05) is 13.1 Å². The Hall–Kier alpha value is -1.45. The van der Waals surface area contributed by atoms with Gasteiger partial charge in [0.25, 0.3) is 0 Å². The summed E-state index contributed by atoms with van der Waals surface area (Å²) >= 11 is 0. The van der Waals surface area contributed by atoms with E-state index in [1.165, 1.54) is 5.69 Å². The second kappa shape index (κ2) is 5.25. The number of nitrogens with zero attached hydrogens (tertiary/aromatic N) is 2. The molecule has 0 aromatic carbocycles. The lowest BCUT2D eigenvalue weighted by atomic mass is 10.1.